The van der Waals surface area contributed by atoms with Gasteiger partial charge >= 0.3 is 11.9 Å². The van der Waals surface area contributed by atoms with Crippen molar-refractivity contribution in [1.82, 2.24) is 0 Å². The molecule has 0 aliphatic heterocycles. The molecule has 0 aliphatic carbocycles. The lowest BCUT2D eigenvalue weighted by molar-refractivity contribution is -0.151. The Labute approximate surface area is 119 Å². The van der Waals surface area contributed by atoms with Gasteiger partial charge in [0, 0.05) is 0 Å². The maximum atomic E-state index is 11.9. The number of carbonyl (C=O) groups excluding carboxylic acids is 2. The summed E-state index contributed by atoms with van der Waals surface area (Å²) in [6, 6.07) is 8.67. The Hall–Kier alpha value is -2.10. The first-order valence-electron chi connectivity index (χ1n) is 6.63. The minimum atomic E-state index is -0.570. The van der Waals surface area contributed by atoms with E-state index in [4.69, 9.17) is 9.47 Å². The van der Waals surface area contributed by atoms with Crippen LogP contribution in [-0.4, -0.2) is 24.6 Å². The number of hydrogen-bond donors (Lipinski definition) is 0. The zero-order valence-corrected chi connectivity index (χ0v) is 11.9. The van der Waals surface area contributed by atoms with Crippen molar-refractivity contribution >= 4 is 11.9 Å². The van der Waals surface area contributed by atoms with Crippen molar-refractivity contribution < 1.29 is 19.1 Å². The lowest BCUT2D eigenvalue weighted by atomic mass is 10.00. The van der Waals surface area contributed by atoms with Crippen LogP contribution in [0, 0.1) is 5.92 Å². The van der Waals surface area contributed by atoms with E-state index in [1.54, 1.807) is 44.2 Å². The zero-order valence-electron chi connectivity index (χ0n) is 11.9. The molecule has 0 N–H and O–H groups in total. The van der Waals surface area contributed by atoms with E-state index < -0.39 is 18.0 Å². The first-order chi connectivity index (χ1) is 9.60. The Kier molecular flexibility index (Phi) is 6.50. The standard InChI is InChI=1S/C16H20O4/c1-4-9-14(16(18)19-5-2)12(3)20-15(17)13-10-7-6-8-11-13/h4,6-8,10-12,14H,1,5,9H2,2-3H3. The fourth-order valence-electron chi connectivity index (χ4n) is 1.80. The predicted molar refractivity (Wildman–Crippen MR) is 76.3 cm³/mol. The van der Waals surface area contributed by atoms with E-state index in [0.29, 0.717) is 18.6 Å². The average molecular weight is 276 g/mol. The lowest BCUT2D eigenvalue weighted by Crippen LogP contribution is -2.31. The lowest BCUT2D eigenvalue weighted by Gasteiger charge is -2.21. The van der Waals surface area contributed by atoms with Gasteiger partial charge in [0.2, 0.25) is 0 Å². The maximum Gasteiger partial charge on any atom is 0.338 e. The first kappa shape index (κ1) is 16.0. The fourth-order valence-corrected chi connectivity index (χ4v) is 1.80. The minimum absolute atomic E-state index is 0.297. The molecule has 0 bridgehead atoms. The summed E-state index contributed by atoms with van der Waals surface area (Å²) in [4.78, 5) is 23.8. The second-order valence-electron chi connectivity index (χ2n) is 4.36. The Balaban J connectivity index is 2.70. The minimum Gasteiger partial charge on any atom is -0.466 e. The SMILES string of the molecule is C=CCC(C(=O)OCC)C(C)OC(=O)c1ccccc1. The van der Waals surface area contributed by atoms with Gasteiger partial charge in [-0.15, -0.1) is 6.58 Å². The molecule has 0 heterocycles. The third-order valence-electron chi connectivity index (χ3n) is 2.88. The summed E-state index contributed by atoms with van der Waals surface area (Å²) in [6.07, 6.45) is 1.45. The average Bonchev–Trinajstić information content (AvgIpc) is 2.45. The molecule has 1 aromatic carbocycles. The van der Waals surface area contributed by atoms with E-state index in [1.807, 2.05) is 6.07 Å². The van der Waals surface area contributed by atoms with Crippen molar-refractivity contribution in [2.24, 2.45) is 5.92 Å². The van der Waals surface area contributed by atoms with Crippen LogP contribution >= 0.6 is 0 Å². The zero-order chi connectivity index (χ0) is 15.0. The van der Waals surface area contributed by atoms with Crippen LogP contribution in [0.15, 0.2) is 43.0 Å². The summed E-state index contributed by atoms with van der Waals surface area (Å²) in [5.41, 5.74) is 0.459. The highest BCUT2D eigenvalue weighted by Crippen LogP contribution is 2.17. The first-order valence-corrected chi connectivity index (χ1v) is 6.63. The van der Waals surface area contributed by atoms with Crippen LogP contribution in [-0.2, 0) is 14.3 Å². The molecule has 4 nitrogen and oxygen atoms in total. The van der Waals surface area contributed by atoms with E-state index >= 15 is 0 Å². The molecule has 0 aromatic heterocycles. The number of esters is 2. The van der Waals surface area contributed by atoms with Gasteiger partial charge in [0.1, 0.15) is 6.10 Å². The van der Waals surface area contributed by atoms with Crippen LogP contribution in [0.25, 0.3) is 0 Å². The molecule has 0 fully saturated rings. The molecule has 0 spiro atoms. The Morgan fingerprint density at radius 2 is 1.95 bits per heavy atom. The molecular formula is C16H20O4. The quantitative estimate of drug-likeness (QED) is 0.567. The third-order valence-corrected chi connectivity index (χ3v) is 2.88. The van der Waals surface area contributed by atoms with Crippen LogP contribution < -0.4 is 0 Å². The van der Waals surface area contributed by atoms with Gasteiger partial charge in [-0.2, -0.15) is 0 Å². The topological polar surface area (TPSA) is 52.6 Å². The van der Waals surface area contributed by atoms with E-state index in [-0.39, 0.29) is 5.97 Å². The molecule has 2 atom stereocenters. The van der Waals surface area contributed by atoms with Gasteiger partial charge in [0.05, 0.1) is 18.1 Å². The largest absolute Gasteiger partial charge is 0.466 e. The van der Waals surface area contributed by atoms with E-state index in [1.165, 1.54) is 0 Å². The molecule has 4 heteroatoms. The summed E-state index contributed by atoms with van der Waals surface area (Å²) in [5, 5.41) is 0. The summed E-state index contributed by atoms with van der Waals surface area (Å²) in [6.45, 7) is 7.34. The highest BCUT2D eigenvalue weighted by atomic mass is 16.6. The molecule has 0 saturated heterocycles. The van der Waals surface area contributed by atoms with Gasteiger partial charge in [-0.1, -0.05) is 24.3 Å². The van der Waals surface area contributed by atoms with Crippen LogP contribution in [0.1, 0.15) is 30.6 Å². The number of allylic oxidation sites excluding steroid dienone is 1. The molecule has 0 saturated carbocycles. The predicted octanol–water partition coefficient (Wildman–Crippen LogP) is 2.99. The molecule has 0 aliphatic rings. The molecule has 108 valence electrons. The second kappa shape index (κ2) is 8.15. The number of rotatable bonds is 7. The summed E-state index contributed by atoms with van der Waals surface area (Å²) < 4.78 is 10.3. The van der Waals surface area contributed by atoms with Gasteiger partial charge in [-0.3, -0.25) is 4.79 Å². The maximum absolute atomic E-state index is 11.9. The Morgan fingerprint density at radius 1 is 1.30 bits per heavy atom. The van der Waals surface area contributed by atoms with Crippen molar-refractivity contribution in [2.75, 3.05) is 6.61 Å². The smallest absolute Gasteiger partial charge is 0.338 e. The summed E-state index contributed by atoms with van der Waals surface area (Å²) in [7, 11) is 0. The van der Waals surface area contributed by atoms with Gasteiger partial charge < -0.3 is 9.47 Å². The second-order valence-corrected chi connectivity index (χ2v) is 4.36. The van der Waals surface area contributed by atoms with Crippen LogP contribution in [0.5, 0.6) is 0 Å². The number of hydrogen-bond acceptors (Lipinski definition) is 4. The van der Waals surface area contributed by atoms with Crippen LogP contribution in [0.3, 0.4) is 0 Å². The van der Waals surface area contributed by atoms with Crippen molar-refractivity contribution in [3.05, 3.63) is 48.6 Å². The van der Waals surface area contributed by atoms with E-state index in [9.17, 15) is 9.59 Å². The third kappa shape index (κ3) is 4.53. The summed E-state index contributed by atoms with van der Waals surface area (Å²) >= 11 is 0. The van der Waals surface area contributed by atoms with Gasteiger partial charge in [0.15, 0.2) is 0 Å². The van der Waals surface area contributed by atoms with Gasteiger partial charge in [-0.25, -0.2) is 4.79 Å². The Bertz CT molecular complexity index is 453. The molecule has 1 aromatic rings. The molecule has 2 unspecified atom stereocenters. The van der Waals surface area contributed by atoms with Gasteiger partial charge in [-0.05, 0) is 32.4 Å². The number of carbonyl (C=O) groups is 2. The van der Waals surface area contributed by atoms with Crippen molar-refractivity contribution in [2.45, 2.75) is 26.4 Å². The normalized spacial score (nSPS) is 13.1. The van der Waals surface area contributed by atoms with E-state index in [0.717, 1.165) is 0 Å². The molecule has 20 heavy (non-hydrogen) atoms. The highest BCUT2D eigenvalue weighted by molar-refractivity contribution is 5.89. The Morgan fingerprint density at radius 3 is 2.50 bits per heavy atom. The highest BCUT2D eigenvalue weighted by Gasteiger charge is 2.28. The van der Waals surface area contributed by atoms with Crippen LogP contribution in [0.2, 0.25) is 0 Å². The molecule has 0 amide bonds. The van der Waals surface area contributed by atoms with Crippen LogP contribution in [0.4, 0.5) is 0 Å². The summed E-state index contributed by atoms with van der Waals surface area (Å²) in [5.74, 6) is -1.35. The molecular weight excluding hydrogens is 256 g/mol. The fraction of sp³-hybridized carbons (Fsp3) is 0.375. The van der Waals surface area contributed by atoms with Crippen molar-refractivity contribution in [3.63, 3.8) is 0 Å². The van der Waals surface area contributed by atoms with E-state index in [2.05, 4.69) is 6.58 Å². The molecule has 0 radical (unpaired) electrons. The number of benzene rings is 1. The number of ether oxygens (including phenoxy) is 2. The van der Waals surface area contributed by atoms with Crippen molar-refractivity contribution in [1.29, 1.82) is 0 Å². The monoisotopic (exact) mass is 276 g/mol. The van der Waals surface area contributed by atoms with Crippen molar-refractivity contribution in [3.8, 4) is 0 Å². The molecule has 1 rings (SSSR count). The van der Waals surface area contributed by atoms with Gasteiger partial charge in [0.25, 0.3) is 0 Å².